The summed E-state index contributed by atoms with van der Waals surface area (Å²) in [6.07, 6.45) is 5.86. The smallest absolute Gasteiger partial charge is 0.355 e. The zero-order valence-electron chi connectivity index (χ0n) is 55.9. The quantitative estimate of drug-likeness (QED) is 0.0249. The van der Waals surface area contributed by atoms with Gasteiger partial charge in [0.25, 0.3) is 0 Å². The summed E-state index contributed by atoms with van der Waals surface area (Å²) in [7, 11) is 0. The van der Waals surface area contributed by atoms with Crippen molar-refractivity contribution in [2.24, 2.45) is 40.9 Å². The number of nitrogens with zero attached hydrogens (tertiary/aromatic N) is 17. The standard InChI is InChI=1S/C21H13ClN4O3.C20H17N5O7.C16H10N4O5.C16H12N4O3/c22-17-10-14(12-4-2-1-3-5-12)19-16(27)8-7-15(20(19)24-17)25-26-18-9-6-13(11-23-18)21(28)29;26-15-5-4-13(23-24-16-3-1-2-6-21-16)19-12(15)7-11(20(31)32)14(22-19)8-25(9-17(27)28)10-18(29)30;21-11-5-4-10(19-20-12-3-1-2-6-17-12)13-8(11)7-9(15(22)23)14(18-13)16(24)25;1-9-10(16(22)23)8-11-13(21)6-5-12(15(11)18-9)19-20-14-4-2-3-7-17-14/h1-11,27H,(H,28,29);1-7,26H,8-10H2,(H,27,28)(H,29,30)(H,31,32);1-7,21H,(H,22,23)(H,24,25);2-8,21H,1H3,(H,22,23). The molecule has 0 saturated heterocycles. The largest absolute Gasteiger partial charge is 0.507 e. The second kappa shape index (κ2) is 34.6. The summed E-state index contributed by atoms with van der Waals surface area (Å²) in [5.41, 5.74) is 2.50. The summed E-state index contributed by atoms with van der Waals surface area (Å²) in [5.74, 6) is -8.29. The molecule has 0 aliphatic rings. The average Bonchev–Trinajstić information content (AvgIpc) is 0.792. The number of carbonyl (C=O) groups is 7. The van der Waals surface area contributed by atoms with Gasteiger partial charge in [-0.3, -0.25) is 14.5 Å². The molecular formula is C73H52ClN17O18. The van der Waals surface area contributed by atoms with Gasteiger partial charge in [-0.25, -0.2) is 63.8 Å². The van der Waals surface area contributed by atoms with E-state index in [9.17, 15) is 64.2 Å². The highest BCUT2D eigenvalue weighted by atomic mass is 35.5. The van der Waals surface area contributed by atoms with Gasteiger partial charge in [0.15, 0.2) is 29.0 Å². The Balaban J connectivity index is 0.000000156. The van der Waals surface area contributed by atoms with Crippen LogP contribution in [-0.2, 0) is 16.1 Å². The Morgan fingerprint density at radius 2 is 0.817 bits per heavy atom. The highest BCUT2D eigenvalue weighted by molar-refractivity contribution is 6.30. The number of rotatable bonds is 20. The van der Waals surface area contributed by atoms with Crippen molar-refractivity contribution in [3.05, 3.63) is 239 Å². The molecule has 0 radical (unpaired) electrons. The minimum atomic E-state index is -1.50. The molecule has 0 fully saturated rings. The van der Waals surface area contributed by atoms with E-state index in [1.54, 1.807) is 85.9 Å². The number of aromatic hydroxyl groups is 4. The Bertz CT molecular complexity index is 5800. The third-order valence-corrected chi connectivity index (χ3v) is 15.2. The van der Waals surface area contributed by atoms with E-state index in [2.05, 4.69) is 80.8 Å². The molecule has 0 spiro atoms. The number of carboxylic acid groups (broad SMARTS) is 7. The van der Waals surface area contributed by atoms with Crippen molar-refractivity contribution in [3.63, 3.8) is 0 Å². The Kier molecular flexibility index (Phi) is 24.2. The molecule has 109 heavy (non-hydrogen) atoms. The molecule has 11 N–H and O–H groups in total. The van der Waals surface area contributed by atoms with Gasteiger partial charge in [0.2, 0.25) is 0 Å². The van der Waals surface area contributed by atoms with Crippen LogP contribution in [0.3, 0.4) is 0 Å². The second-order valence-corrected chi connectivity index (χ2v) is 22.8. The van der Waals surface area contributed by atoms with Gasteiger partial charge in [0, 0.05) is 47.5 Å². The van der Waals surface area contributed by atoms with E-state index in [4.69, 9.17) is 37.1 Å². The molecule has 0 atom stereocenters. The van der Waals surface area contributed by atoms with Crippen molar-refractivity contribution >= 4 is 143 Å². The summed E-state index contributed by atoms with van der Waals surface area (Å²) in [6.45, 7) is -0.0655. The molecule has 0 saturated carbocycles. The summed E-state index contributed by atoms with van der Waals surface area (Å²) in [4.78, 5) is 112. The van der Waals surface area contributed by atoms with Crippen LogP contribution in [0, 0.1) is 6.92 Å². The topological polar surface area (TPSA) is 547 Å². The predicted octanol–water partition coefficient (Wildman–Crippen LogP) is 15.1. The average molecular weight is 1490 g/mol. The van der Waals surface area contributed by atoms with Gasteiger partial charge in [-0.1, -0.05) is 60.1 Å². The van der Waals surface area contributed by atoms with E-state index >= 15 is 0 Å². The molecule has 544 valence electrons. The van der Waals surface area contributed by atoms with E-state index in [1.807, 2.05) is 30.3 Å². The molecule has 8 heterocycles. The first-order valence-corrected chi connectivity index (χ1v) is 31.7. The molecule has 0 bridgehead atoms. The highest BCUT2D eigenvalue weighted by Crippen LogP contribution is 2.41. The second-order valence-electron chi connectivity index (χ2n) is 22.4. The van der Waals surface area contributed by atoms with Gasteiger partial charge >= 0.3 is 41.8 Å². The first-order chi connectivity index (χ1) is 52.3. The van der Waals surface area contributed by atoms with Crippen LogP contribution in [0.15, 0.2) is 236 Å². The van der Waals surface area contributed by atoms with E-state index in [0.717, 1.165) is 22.1 Å². The number of fused-ring (bicyclic) bond motifs is 4. The summed E-state index contributed by atoms with van der Waals surface area (Å²) >= 11 is 6.23. The van der Waals surface area contributed by atoms with Crippen LogP contribution < -0.4 is 0 Å². The number of hydrogen-bond donors (Lipinski definition) is 11. The normalized spacial score (nSPS) is 11.2. The third kappa shape index (κ3) is 19.2. The summed E-state index contributed by atoms with van der Waals surface area (Å²) in [6, 6.07) is 44.5. The number of aliphatic carboxylic acids is 2. The van der Waals surface area contributed by atoms with Crippen LogP contribution in [-0.4, -0.2) is 156 Å². The zero-order chi connectivity index (χ0) is 78.0. The number of halogens is 1. The van der Waals surface area contributed by atoms with E-state index in [0.29, 0.717) is 56.3 Å². The van der Waals surface area contributed by atoms with Crippen LogP contribution in [0.1, 0.15) is 63.3 Å². The van der Waals surface area contributed by atoms with Crippen molar-refractivity contribution < 1.29 is 89.7 Å². The Labute approximate surface area is 615 Å². The molecule has 0 amide bonds. The molecule has 35 nitrogen and oxygen atoms in total. The fourth-order valence-corrected chi connectivity index (χ4v) is 10.3. The number of benzene rings is 5. The molecule has 36 heteroatoms. The number of carboxylic acids is 7. The van der Waals surface area contributed by atoms with Crippen molar-refractivity contribution in [1.82, 2.24) is 44.8 Å². The maximum atomic E-state index is 11.8. The Morgan fingerprint density at radius 3 is 1.24 bits per heavy atom. The monoisotopic (exact) mass is 1490 g/mol. The lowest BCUT2D eigenvalue weighted by molar-refractivity contribution is -0.142. The molecule has 0 aliphatic heterocycles. The van der Waals surface area contributed by atoms with Crippen molar-refractivity contribution in [1.29, 1.82) is 0 Å². The fraction of sp³-hybridized carbons (Fsp3) is 0.0548. The van der Waals surface area contributed by atoms with E-state index in [1.165, 1.54) is 79.3 Å². The minimum Gasteiger partial charge on any atom is -0.507 e. The molecule has 8 aromatic heterocycles. The van der Waals surface area contributed by atoms with Gasteiger partial charge in [0.1, 0.15) is 73.0 Å². The number of aryl methyl sites for hydroxylation is 1. The van der Waals surface area contributed by atoms with Crippen LogP contribution in [0.4, 0.5) is 46.0 Å². The maximum absolute atomic E-state index is 11.8. The number of phenols is 4. The summed E-state index contributed by atoms with van der Waals surface area (Å²) < 4.78 is 0. The van der Waals surface area contributed by atoms with Gasteiger partial charge in [-0.2, -0.15) is 0 Å². The fourth-order valence-electron chi connectivity index (χ4n) is 10.1. The minimum absolute atomic E-state index is 0.0158. The first-order valence-electron chi connectivity index (χ1n) is 31.3. The SMILES string of the molecule is Cc1nc2c(N=Nc3ccccn3)ccc(O)c2cc1C(=O)O.O=C(O)CN(CC(=O)O)Cc1nc2c(N=Nc3ccccn3)ccc(O)c2cc1C(=O)O.O=C(O)c1cc2c(O)ccc(N=Nc3ccccn3)c2nc1C(=O)O.O=C(O)c1ccc(N=Nc2ccc(O)c3c(-c4ccccc4)cc(Cl)nc23)nc1. The lowest BCUT2D eigenvalue weighted by atomic mass is 10.00. The number of hydrogen-bond acceptors (Lipinski definition) is 28. The van der Waals surface area contributed by atoms with Crippen molar-refractivity contribution in [2.75, 3.05) is 13.1 Å². The molecule has 0 aliphatic carbocycles. The molecular weight excluding hydrogens is 1440 g/mol. The van der Waals surface area contributed by atoms with Gasteiger partial charge in [0.05, 0.1) is 52.1 Å². The first kappa shape index (κ1) is 76.1. The third-order valence-electron chi connectivity index (χ3n) is 15.0. The van der Waals surface area contributed by atoms with Gasteiger partial charge < -0.3 is 56.2 Å². The number of aromatic carboxylic acids is 5. The molecule has 0 unspecified atom stereocenters. The number of aromatic nitrogens is 8. The van der Waals surface area contributed by atoms with E-state index in [-0.39, 0.29) is 96.1 Å². The van der Waals surface area contributed by atoms with Gasteiger partial charge in [-0.05, 0) is 139 Å². The van der Waals surface area contributed by atoms with Crippen molar-refractivity contribution in [2.45, 2.75) is 13.5 Å². The lowest BCUT2D eigenvalue weighted by Gasteiger charge is -2.19. The lowest BCUT2D eigenvalue weighted by Crippen LogP contribution is -2.34. The molecule has 5 aromatic carbocycles. The van der Waals surface area contributed by atoms with Gasteiger partial charge in [-0.15, -0.1) is 40.9 Å². The van der Waals surface area contributed by atoms with Crippen LogP contribution in [0.2, 0.25) is 5.15 Å². The van der Waals surface area contributed by atoms with Crippen LogP contribution in [0.25, 0.3) is 54.7 Å². The zero-order valence-corrected chi connectivity index (χ0v) is 56.6. The van der Waals surface area contributed by atoms with Crippen LogP contribution in [0.5, 0.6) is 23.0 Å². The molecule has 13 rings (SSSR count). The highest BCUT2D eigenvalue weighted by Gasteiger charge is 2.25. The Hall–Kier alpha value is -15.5. The predicted molar refractivity (Wildman–Crippen MR) is 388 cm³/mol. The van der Waals surface area contributed by atoms with Crippen molar-refractivity contribution in [3.8, 4) is 34.1 Å². The maximum Gasteiger partial charge on any atom is 0.355 e. The molecule has 13 aromatic rings. The Morgan fingerprint density at radius 1 is 0.394 bits per heavy atom. The van der Waals surface area contributed by atoms with E-state index < -0.39 is 66.1 Å². The number of pyridine rings is 8. The number of azo groups is 4. The van der Waals surface area contributed by atoms with Crippen LogP contribution >= 0.6 is 11.6 Å². The summed E-state index contributed by atoms with van der Waals surface area (Å²) in [5, 5.41) is 138. The number of phenolic OH excluding ortho intramolecular Hbond substituents is 4.